The predicted molar refractivity (Wildman–Crippen MR) is 130 cm³/mol. The molecular weight excluding hydrogens is 434 g/mol. The van der Waals surface area contributed by atoms with Crippen LogP contribution in [0.4, 0.5) is 5.69 Å². The van der Waals surface area contributed by atoms with Crippen LogP contribution in [0.5, 0.6) is 0 Å². The fourth-order valence-corrected chi connectivity index (χ4v) is 4.59. The maximum Gasteiger partial charge on any atom is 0.336 e. The van der Waals surface area contributed by atoms with Crippen molar-refractivity contribution in [3.05, 3.63) is 108 Å². The smallest absolute Gasteiger partial charge is 0.336 e. The second-order valence-electron chi connectivity index (χ2n) is 7.89. The summed E-state index contributed by atoms with van der Waals surface area (Å²) in [6, 6.07) is 23.8. The van der Waals surface area contributed by atoms with Gasteiger partial charge < -0.3 is 19.7 Å². The molecule has 2 N–H and O–H groups in total. The second-order valence-corrected chi connectivity index (χ2v) is 8.28. The van der Waals surface area contributed by atoms with E-state index in [0.717, 1.165) is 16.9 Å². The molecule has 0 amide bonds. The number of furan rings is 1. The van der Waals surface area contributed by atoms with Gasteiger partial charge in [0.05, 0.1) is 17.3 Å². The minimum atomic E-state index is -1.000. The molecule has 2 aromatic carbocycles. The number of hydrogen-bond donors (Lipinski definition) is 2. The number of anilines is 1. The van der Waals surface area contributed by atoms with Gasteiger partial charge in [0.2, 0.25) is 0 Å². The van der Waals surface area contributed by atoms with E-state index in [0.29, 0.717) is 22.2 Å². The molecule has 3 heterocycles. The molecule has 1 aliphatic heterocycles. The highest BCUT2D eigenvalue weighted by atomic mass is 32.1. The summed E-state index contributed by atoms with van der Waals surface area (Å²) < 4.78 is 6.29. The number of thiocarbonyl (C=S) groups is 1. The Balaban J connectivity index is 1.62. The number of hydrogen-bond acceptors (Lipinski definition) is 4. The molecule has 33 heavy (non-hydrogen) atoms. The Morgan fingerprint density at radius 3 is 2.64 bits per heavy atom. The summed E-state index contributed by atoms with van der Waals surface area (Å²) in [7, 11) is 0. The first kappa shape index (κ1) is 20.9. The number of aromatic nitrogens is 1. The molecule has 0 spiro atoms. The highest BCUT2D eigenvalue weighted by molar-refractivity contribution is 7.80. The summed E-state index contributed by atoms with van der Waals surface area (Å²) >= 11 is 5.74. The maximum absolute atomic E-state index is 11.7. The summed E-state index contributed by atoms with van der Waals surface area (Å²) in [5.41, 5.74) is 3.62. The molecule has 0 radical (unpaired) electrons. The molecule has 164 valence electrons. The fourth-order valence-electron chi connectivity index (χ4n) is 4.24. The van der Waals surface area contributed by atoms with Crippen molar-refractivity contribution < 1.29 is 14.3 Å². The molecule has 0 aliphatic carbocycles. The van der Waals surface area contributed by atoms with E-state index in [-0.39, 0.29) is 17.6 Å². The lowest BCUT2D eigenvalue weighted by atomic mass is 10.0. The highest BCUT2D eigenvalue weighted by Crippen LogP contribution is 2.43. The molecule has 1 aliphatic rings. The first-order valence-corrected chi connectivity index (χ1v) is 10.9. The number of carboxylic acids is 1. The zero-order valence-corrected chi connectivity index (χ0v) is 18.6. The number of aryl methyl sites for hydroxylation is 1. The monoisotopic (exact) mass is 455 g/mol. The number of rotatable bonds is 5. The molecule has 0 unspecified atom stereocenters. The first-order chi connectivity index (χ1) is 16.0. The lowest BCUT2D eigenvalue weighted by Crippen LogP contribution is -2.29. The average Bonchev–Trinajstić information content (AvgIpc) is 3.44. The Kier molecular flexibility index (Phi) is 5.40. The number of nitrogens with one attached hydrogen (secondary N) is 1. The normalized spacial score (nSPS) is 17.7. The van der Waals surface area contributed by atoms with Crippen molar-refractivity contribution in [3.8, 4) is 11.3 Å². The van der Waals surface area contributed by atoms with Gasteiger partial charge in [-0.3, -0.25) is 4.98 Å². The fraction of sp³-hybridized carbons (Fsp3) is 0.115. The van der Waals surface area contributed by atoms with Gasteiger partial charge in [-0.1, -0.05) is 36.4 Å². The van der Waals surface area contributed by atoms with Crippen LogP contribution in [0.3, 0.4) is 0 Å². The Labute approximate surface area is 196 Å². The first-order valence-electron chi connectivity index (χ1n) is 10.5. The predicted octanol–water partition coefficient (Wildman–Crippen LogP) is 5.53. The third kappa shape index (κ3) is 3.87. The minimum absolute atomic E-state index is 0.190. The summed E-state index contributed by atoms with van der Waals surface area (Å²) in [6.07, 6.45) is 1.75. The van der Waals surface area contributed by atoms with Gasteiger partial charge in [0.15, 0.2) is 5.11 Å². The van der Waals surface area contributed by atoms with Crippen LogP contribution in [0.2, 0.25) is 0 Å². The van der Waals surface area contributed by atoms with Crippen molar-refractivity contribution in [3.63, 3.8) is 0 Å². The van der Waals surface area contributed by atoms with Gasteiger partial charge in [-0.05, 0) is 67.2 Å². The van der Waals surface area contributed by atoms with Crippen LogP contribution >= 0.6 is 12.2 Å². The van der Waals surface area contributed by atoms with Crippen molar-refractivity contribution in [2.75, 3.05) is 4.90 Å². The number of benzene rings is 2. The molecule has 7 heteroatoms. The average molecular weight is 456 g/mol. The lowest BCUT2D eigenvalue weighted by molar-refractivity contribution is 0.0697. The van der Waals surface area contributed by atoms with Crippen molar-refractivity contribution >= 4 is 29.0 Å². The van der Waals surface area contributed by atoms with Crippen molar-refractivity contribution in [1.82, 2.24) is 10.3 Å². The Morgan fingerprint density at radius 1 is 1.06 bits per heavy atom. The molecule has 6 nitrogen and oxygen atoms in total. The van der Waals surface area contributed by atoms with Gasteiger partial charge in [-0.2, -0.15) is 0 Å². The van der Waals surface area contributed by atoms with Crippen molar-refractivity contribution in [2.45, 2.75) is 19.0 Å². The van der Waals surface area contributed by atoms with Crippen LogP contribution in [0, 0.1) is 6.92 Å². The van der Waals surface area contributed by atoms with E-state index in [2.05, 4.69) is 16.4 Å². The van der Waals surface area contributed by atoms with Crippen molar-refractivity contribution in [1.29, 1.82) is 0 Å². The molecular formula is C26H21N3O3S. The molecule has 1 saturated heterocycles. The van der Waals surface area contributed by atoms with Crippen LogP contribution in [-0.2, 0) is 0 Å². The largest absolute Gasteiger partial charge is 0.478 e. The van der Waals surface area contributed by atoms with E-state index in [1.54, 1.807) is 30.5 Å². The topological polar surface area (TPSA) is 78.6 Å². The Morgan fingerprint density at radius 2 is 1.88 bits per heavy atom. The molecule has 2 atom stereocenters. The SMILES string of the molecule is Cc1cccc(N2C(=S)N[C@@H](c3ccccn3)[C@@H]2c2ccc(-c3ccccc3C(=O)O)o2)c1. The molecule has 4 aromatic rings. The maximum atomic E-state index is 11.7. The highest BCUT2D eigenvalue weighted by Gasteiger charge is 2.42. The van der Waals surface area contributed by atoms with E-state index >= 15 is 0 Å². The zero-order chi connectivity index (χ0) is 22.9. The van der Waals surface area contributed by atoms with Gasteiger partial charge in [-0.15, -0.1) is 0 Å². The van der Waals surface area contributed by atoms with E-state index in [4.69, 9.17) is 16.6 Å². The quantitative estimate of drug-likeness (QED) is 0.383. The lowest BCUT2D eigenvalue weighted by Gasteiger charge is -2.26. The van der Waals surface area contributed by atoms with Crippen LogP contribution in [0.1, 0.15) is 39.5 Å². The van der Waals surface area contributed by atoms with E-state index in [1.807, 2.05) is 60.4 Å². The summed E-state index contributed by atoms with van der Waals surface area (Å²) in [5, 5.41) is 13.6. The molecule has 5 rings (SSSR count). The molecule has 0 bridgehead atoms. The third-order valence-corrected chi connectivity index (χ3v) is 6.03. The van der Waals surface area contributed by atoms with Crippen LogP contribution < -0.4 is 10.2 Å². The Bertz CT molecular complexity index is 1340. The van der Waals surface area contributed by atoms with E-state index in [9.17, 15) is 9.90 Å². The van der Waals surface area contributed by atoms with Gasteiger partial charge in [0, 0.05) is 17.4 Å². The van der Waals surface area contributed by atoms with Gasteiger partial charge in [0.1, 0.15) is 17.6 Å². The number of carbonyl (C=O) groups is 1. The number of nitrogens with zero attached hydrogens (tertiary/aromatic N) is 2. The summed E-state index contributed by atoms with van der Waals surface area (Å²) in [6.45, 7) is 2.04. The minimum Gasteiger partial charge on any atom is -0.478 e. The molecule has 2 aromatic heterocycles. The van der Waals surface area contributed by atoms with Gasteiger partial charge in [-0.25, -0.2) is 4.79 Å². The summed E-state index contributed by atoms with van der Waals surface area (Å²) in [4.78, 5) is 18.3. The number of pyridine rings is 1. The van der Waals surface area contributed by atoms with Crippen LogP contribution in [0.25, 0.3) is 11.3 Å². The molecule has 1 fully saturated rings. The third-order valence-electron chi connectivity index (χ3n) is 5.72. The standard InChI is InChI=1S/C26H21N3O3S/c1-16-7-6-8-17(15-16)29-24(23(28-26(29)33)20-11-4-5-14-27-20)22-13-12-21(32-22)18-9-2-3-10-19(18)25(30)31/h2-15,23-24H,1H3,(H,28,33)(H,30,31)/t23-,24-/m0/s1. The number of carboxylic acid groups (broad SMARTS) is 1. The van der Waals surface area contributed by atoms with Gasteiger partial charge in [0.25, 0.3) is 0 Å². The van der Waals surface area contributed by atoms with Crippen molar-refractivity contribution in [2.24, 2.45) is 0 Å². The summed E-state index contributed by atoms with van der Waals surface area (Å²) in [5.74, 6) is 0.152. The Hall–Kier alpha value is -3.97. The number of aromatic carboxylic acids is 1. The van der Waals surface area contributed by atoms with Crippen LogP contribution in [0.15, 0.2) is 89.5 Å². The van der Waals surface area contributed by atoms with Crippen LogP contribution in [-0.4, -0.2) is 21.2 Å². The second kappa shape index (κ2) is 8.52. The van der Waals surface area contributed by atoms with E-state index < -0.39 is 5.97 Å². The zero-order valence-electron chi connectivity index (χ0n) is 17.8. The molecule has 0 saturated carbocycles. The van der Waals surface area contributed by atoms with Gasteiger partial charge >= 0.3 is 5.97 Å². The van der Waals surface area contributed by atoms with E-state index in [1.165, 1.54) is 0 Å².